The second-order valence-corrected chi connectivity index (χ2v) is 4.77. The topological polar surface area (TPSA) is 50.8 Å². The smallest absolute Gasteiger partial charge is 0.239 e. The lowest BCUT2D eigenvalue weighted by Crippen LogP contribution is -2.23. The number of carbonyl (C=O) groups excluding carboxylic acids is 1. The number of hydrogen-bond acceptors (Lipinski definition) is 4. The molecule has 1 rings (SSSR count). The van der Waals surface area contributed by atoms with Gasteiger partial charge in [0, 0.05) is 18.3 Å². The summed E-state index contributed by atoms with van der Waals surface area (Å²) in [6.45, 7) is 6.76. The Morgan fingerprint density at radius 1 is 1.18 bits per heavy atom. The minimum absolute atomic E-state index is 0. The third-order valence-corrected chi connectivity index (χ3v) is 3.54. The molecule has 0 radical (unpaired) electrons. The van der Waals surface area contributed by atoms with Crippen molar-refractivity contribution in [1.82, 2.24) is 4.90 Å². The molecule has 1 aromatic carbocycles. The van der Waals surface area contributed by atoms with E-state index >= 15 is 0 Å². The highest BCUT2D eigenvalue weighted by Gasteiger charge is 2.14. The quantitative estimate of drug-likeness (QED) is 0.731. The number of benzene rings is 1. The van der Waals surface area contributed by atoms with Crippen LogP contribution in [0.2, 0.25) is 0 Å². The molecular weight excluding hydrogens is 327 g/mol. The van der Waals surface area contributed by atoms with Crippen molar-refractivity contribution < 1.29 is 14.3 Å². The fourth-order valence-electron chi connectivity index (χ4n) is 2.04. The van der Waals surface area contributed by atoms with Crippen molar-refractivity contribution >= 4 is 35.6 Å². The molecule has 0 saturated carbocycles. The van der Waals surface area contributed by atoms with Crippen molar-refractivity contribution in [2.24, 2.45) is 0 Å². The second kappa shape index (κ2) is 10.5. The Kier molecular flexibility index (Phi) is 9.98. The van der Waals surface area contributed by atoms with Gasteiger partial charge < -0.3 is 14.8 Å². The summed E-state index contributed by atoms with van der Waals surface area (Å²) in [4.78, 5) is 13.8. The Morgan fingerprint density at radius 3 is 2.18 bits per heavy atom. The number of hydrogen-bond donors (Lipinski definition) is 1. The van der Waals surface area contributed by atoms with Crippen LogP contribution < -0.4 is 14.8 Å². The van der Waals surface area contributed by atoms with E-state index in [4.69, 9.17) is 21.1 Å². The molecule has 0 heterocycles. The summed E-state index contributed by atoms with van der Waals surface area (Å²) in [5.74, 6) is 0.887. The number of methoxy groups -OCH3 is 2. The van der Waals surface area contributed by atoms with Crippen molar-refractivity contribution in [3.63, 3.8) is 0 Å². The summed E-state index contributed by atoms with van der Waals surface area (Å²) in [5, 5.41) is 2.81. The van der Waals surface area contributed by atoms with Crippen LogP contribution in [-0.2, 0) is 11.3 Å². The lowest BCUT2D eigenvalue weighted by molar-refractivity contribution is -0.113. The van der Waals surface area contributed by atoms with Crippen LogP contribution in [0.3, 0.4) is 0 Å². The number of rotatable bonds is 8. The lowest BCUT2D eigenvalue weighted by Gasteiger charge is -2.21. The molecule has 0 atom stereocenters. The van der Waals surface area contributed by atoms with E-state index in [0.29, 0.717) is 23.7 Å². The Bertz CT molecular complexity index is 480. The summed E-state index contributed by atoms with van der Waals surface area (Å²) >= 11 is 5.57. The third-order valence-electron chi connectivity index (χ3n) is 3.29. The van der Waals surface area contributed by atoms with E-state index in [1.807, 2.05) is 6.07 Å². The summed E-state index contributed by atoms with van der Waals surface area (Å²) in [6, 6.07) is 3.66. The first kappa shape index (κ1) is 20.8. The van der Waals surface area contributed by atoms with E-state index in [0.717, 1.165) is 18.7 Å². The van der Waals surface area contributed by atoms with Crippen LogP contribution >= 0.6 is 24.0 Å². The van der Waals surface area contributed by atoms with Gasteiger partial charge in [-0.05, 0) is 24.7 Å². The van der Waals surface area contributed by atoms with E-state index < -0.39 is 0 Å². The van der Waals surface area contributed by atoms with E-state index in [1.165, 1.54) is 0 Å². The first-order valence-corrected chi connectivity index (χ1v) is 7.46. The molecule has 0 aromatic heterocycles. The average Bonchev–Trinajstić information content (AvgIpc) is 2.52. The largest absolute Gasteiger partial charge is 0.493 e. The second-order valence-electron chi connectivity index (χ2n) is 4.51. The standard InChI is InChI=1S/C15H23ClN2O3.ClH/c1-5-18(6-2)10-11-7-13(20-3)14(21-4)8-12(11)17-15(19)9-16;/h7-8H,5-6,9-10H2,1-4H3,(H,17,19);1H. The third kappa shape index (κ3) is 5.55. The monoisotopic (exact) mass is 350 g/mol. The molecule has 0 aliphatic heterocycles. The SMILES string of the molecule is CCN(CC)Cc1cc(OC)c(OC)cc1NC(=O)CCl.Cl. The predicted octanol–water partition coefficient (Wildman–Crippen LogP) is 3.14. The van der Waals surface area contributed by atoms with Crippen LogP contribution in [-0.4, -0.2) is 44.0 Å². The first-order chi connectivity index (χ1) is 10.1. The lowest BCUT2D eigenvalue weighted by atomic mass is 10.1. The summed E-state index contributed by atoms with van der Waals surface area (Å²) < 4.78 is 10.6. The van der Waals surface area contributed by atoms with Crippen LogP contribution in [0.25, 0.3) is 0 Å². The molecule has 126 valence electrons. The summed E-state index contributed by atoms with van der Waals surface area (Å²) in [5.41, 5.74) is 1.67. The fourth-order valence-corrected chi connectivity index (χ4v) is 2.11. The number of amides is 1. The number of anilines is 1. The Morgan fingerprint density at radius 2 is 1.73 bits per heavy atom. The van der Waals surface area contributed by atoms with Crippen LogP contribution in [0.1, 0.15) is 19.4 Å². The number of halogens is 2. The van der Waals surface area contributed by atoms with E-state index in [9.17, 15) is 4.79 Å². The van der Waals surface area contributed by atoms with Gasteiger partial charge in [-0.15, -0.1) is 24.0 Å². The maximum atomic E-state index is 11.6. The zero-order valence-electron chi connectivity index (χ0n) is 13.4. The van der Waals surface area contributed by atoms with Gasteiger partial charge in [-0.25, -0.2) is 0 Å². The molecule has 0 aliphatic rings. The van der Waals surface area contributed by atoms with Gasteiger partial charge in [0.15, 0.2) is 11.5 Å². The first-order valence-electron chi connectivity index (χ1n) is 6.92. The van der Waals surface area contributed by atoms with Crippen LogP contribution in [0.4, 0.5) is 5.69 Å². The van der Waals surface area contributed by atoms with Gasteiger partial charge in [-0.3, -0.25) is 9.69 Å². The van der Waals surface area contributed by atoms with Gasteiger partial charge in [-0.2, -0.15) is 0 Å². The normalized spacial score (nSPS) is 10.1. The molecule has 0 bridgehead atoms. The molecule has 0 saturated heterocycles. The molecule has 0 unspecified atom stereocenters. The fraction of sp³-hybridized carbons (Fsp3) is 0.533. The molecule has 1 aromatic rings. The van der Waals surface area contributed by atoms with Crippen molar-refractivity contribution in [1.29, 1.82) is 0 Å². The van der Waals surface area contributed by atoms with Gasteiger partial charge in [0.2, 0.25) is 5.91 Å². The molecular formula is C15H24Cl2N2O3. The van der Waals surface area contributed by atoms with Gasteiger partial charge in [0.25, 0.3) is 0 Å². The maximum absolute atomic E-state index is 11.6. The molecule has 1 N–H and O–H groups in total. The van der Waals surface area contributed by atoms with E-state index in [-0.39, 0.29) is 24.2 Å². The number of alkyl halides is 1. The molecule has 22 heavy (non-hydrogen) atoms. The zero-order valence-corrected chi connectivity index (χ0v) is 15.0. The molecule has 0 fully saturated rings. The van der Waals surface area contributed by atoms with Gasteiger partial charge in [0.05, 0.1) is 14.2 Å². The molecule has 0 aliphatic carbocycles. The molecule has 0 spiro atoms. The highest BCUT2D eigenvalue weighted by Crippen LogP contribution is 2.34. The minimum atomic E-state index is -0.246. The van der Waals surface area contributed by atoms with Gasteiger partial charge >= 0.3 is 0 Å². The zero-order chi connectivity index (χ0) is 15.8. The number of ether oxygens (including phenoxy) is 2. The Labute approximate surface area is 143 Å². The summed E-state index contributed by atoms with van der Waals surface area (Å²) in [6.07, 6.45) is 0. The number of carbonyl (C=O) groups is 1. The van der Waals surface area contributed by atoms with E-state index in [2.05, 4.69) is 24.1 Å². The maximum Gasteiger partial charge on any atom is 0.239 e. The molecule has 7 heteroatoms. The molecule has 1 amide bonds. The van der Waals surface area contributed by atoms with E-state index in [1.54, 1.807) is 20.3 Å². The predicted molar refractivity (Wildman–Crippen MR) is 92.8 cm³/mol. The summed E-state index contributed by atoms with van der Waals surface area (Å²) in [7, 11) is 3.16. The highest BCUT2D eigenvalue weighted by molar-refractivity contribution is 6.29. The number of nitrogens with one attached hydrogen (secondary N) is 1. The highest BCUT2D eigenvalue weighted by atomic mass is 35.5. The van der Waals surface area contributed by atoms with Crippen molar-refractivity contribution in [2.45, 2.75) is 20.4 Å². The minimum Gasteiger partial charge on any atom is -0.493 e. The van der Waals surface area contributed by atoms with Crippen molar-refractivity contribution in [3.8, 4) is 11.5 Å². The molecule has 5 nitrogen and oxygen atoms in total. The number of nitrogens with zero attached hydrogens (tertiary/aromatic N) is 1. The van der Waals surface area contributed by atoms with Crippen molar-refractivity contribution in [3.05, 3.63) is 17.7 Å². The van der Waals surface area contributed by atoms with Crippen LogP contribution in [0, 0.1) is 0 Å². The van der Waals surface area contributed by atoms with Crippen molar-refractivity contribution in [2.75, 3.05) is 38.5 Å². The Hall–Kier alpha value is -1.17. The van der Waals surface area contributed by atoms with Gasteiger partial charge in [0.1, 0.15) is 5.88 Å². The van der Waals surface area contributed by atoms with Crippen LogP contribution in [0.15, 0.2) is 12.1 Å². The Balaban J connectivity index is 0.00000441. The van der Waals surface area contributed by atoms with Gasteiger partial charge in [-0.1, -0.05) is 13.8 Å². The average molecular weight is 351 g/mol. The van der Waals surface area contributed by atoms with Crippen LogP contribution in [0.5, 0.6) is 11.5 Å².